The Hall–Kier alpha value is -1.65. The maximum absolute atomic E-state index is 13.2. The Labute approximate surface area is 168 Å². The predicted octanol–water partition coefficient (Wildman–Crippen LogP) is 2.30. The molecule has 1 unspecified atom stereocenters. The minimum absolute atomic E-state index is 0. The van der Waals surface area contributed by atoms with Gasteiger partial charge >= 0.3 is 5.97 Å². The molecule has 0 saturated carbocycles. The third kappa shape index (κ3) is 4.27. The number of carbonyl (C=O) groups excluding carboxylic acids is 1. The van der Waals surface area contributed by atoms with Crippen molar-refractivity contribution in [2.45, 2.75) is 10.3 Å². The Morgan fingerprint density at radius 3 is 2.74 bits per heavy atom. The van der Waals surface area contributed by atoms with Crippen molar-refractivity contribution >= 4 is 39.7 Å². The summed E-state index contributed by atoms with van der Waals surface area (Å²) in [5.74, 6) is 0.0899. The number of thiophene rings is 1. The highest BCUT2D eigenvalue weighted by molar-refractivity contribution is 7.91. The van der Waals surface area contributed by atoms with Crippen molar-refractivity contribution in [2.24, 2.45) is 0 Å². The molecule has 1 atom stereocenters. The number of ether oxygens (including phenoxy) is 2. The average Bonchev–Trinajstić information content (AvgIpc) is 3.18. The van der Waals surface area contributed by atoms with E-state index in [0.717, 1.165) is 16.9 Å². The van der Waals surface area contributed by atoms with Crippen LogP contribution in [0.4, 0.5) is 0 Å². The van der Waals surface area contributed by atoms with Crippen LogP contribution in [0.2, 0.25) is 0 Å². The lowest BCUT2D eigenvalue weighted by atomic mass is 10.0. The lowest BCUT2D eigenvalue weighted by Crippen LogP contribution is -2.48. The molecule has 7 nitrogen and oxygen atoms in total. The van der Waals surface area contributed by atoms with Gasteiger partial charge in [-0.15, -0.1) is 23.7 Å². The molecule has 0 amide bonds. The van der Waals surface area contributed by atoms with Gasteiger partial charge in [-0.05, 0) is 12.1 Å². The standard InChI is InChI=1S/C17H20N2O5S2.ClH/c1-23-15-6-4-3-5-13(15)14-10-18-7-8-19(14)26(21,22)16-9-12(11-25-16)17(20)24-2;/h3-6,9,11,14,18H,7-8,10H2,1-2H3;1H. The van der Waals surface area contributed by atoms with Gasteiger partial charge in [0, 0.05) is 30.6 Å². The largest absolute Gasteiger partial charge is 0.496 e. The van der Waals surface area contributed by atoms with Crippen LogP contribution in [0.1, 0.15) is 22.0 Å². The van der Waals surface area contributed by atoms with Crippen molar-refractivity contribution in [3.8, 4) is 5.75 Å². The van der Waals surface area contributed by atoms with E-state index in [1.54, 1.807) is 7.11 Å². The Kier molecular flexibility index (Phi) is 7.24. The average molecular weight is 433 g/mol. The minimum Gasteiger partial charge on any atom is -0.496 e. The fourth-order valence-corrected chi connectivity index (χ4v) is 5.85. The van der Waals surface area contributed by atoms with E-state index in [1.807, 2.05) is 24.3 Å². The topological polar surface area (TPSA) is 84.9 Å². The number of rotatable bonds is 5. The van der Waals surface area contributed by atoms with E-state index in [1.165, 1.54) is 22.9 Å². The molecule has 148 valence electrons. The first-order valence-corrected chi connectivity index (χ1v) is 10.3. The molecule has 0 spiro atoms. The highest BCUT2D eigenvalue weighted by Gasteiger charge is 2.36. The lowest BCUT2D eigenvalue weighted by Gasteiger charge is -2.35. The summed E-state index contributed by atoms with van der Waals surface area (Å²) in [5, 5.41) is 4.74. The van der Waals surface area contributed by atoms with Crippen molar-refractivity contribution in [3.63, 3.8) is 0 Å². The van der Waals surface area contributed by atoms with Gasteiger partial charge in [-0.25, -0.2) is 13.2 Å². The Bertz CT molecular complexity index is 900. The predicted molar refractivity (Wildman–Crippen MR) is 105 cm³/mol. The van der Waals surface area contributed by atoms with Gasteiger partial charge in [0.15, 0.2) is 0 Å². The van der Waals surface area contributed by atoms with Crippen LogP contribution in [0.5, 0.6) is 5.75 Å². The molecule has 1 N–H and O–H groups in total. The Morgan fingerprint density at radius 1 is 1.30 bits per heavy atom. The van der Waals surface area contributed by atoms with Crippen molar-refractivity contribution < 1.29 is 22.7 Å². The Balaban J connectivity index is 0.00000261. The SMILES string of the molecule is COC(=O)c1csc(S(=O)(=O)N2CCNCC2c2ccccc2OC)c1.Cl. The van der Waals surface area contributed by atoms with Gasteiger partial charge in [0.25, 0.3) is 10.0 Å². The van der Waals surface area contributed by atoms with Gasteiger partial charge in [0.05, 0.1) is 25.8 Å². The van der Waals surface area contributed by atoms with Crippen molar-refractivity contribution in [1.29, 1.82) is 0 Å². The molecule has 1 aliphatic heterocycles. The monoisotopic (exact) mass is 432 g/mol. The molecule has 0 bridgehead atoms. The molecule has 3 rings (SSSR count). The molecule has 10 heteroatoms. The van der Waals surface area contributed by atoms with E-state index in [0.29, 0.717) is 25.4 Å². The van der Waals surface area contributed by atoms with Gasteiger partial charge in [-0.2, -0.15) is 4.31 Å². The summed E-state index contributed by atoms with van der Waals surface area (Å²) in [7, 11) is -0.925. The maximum atomic E-state index is 13.2. The van der Waals surface area contributed by atoms with Gasteiger partial charge in [-0.1, -0.05) is 18.2 Å². The zero-order chi connectivity index (χ0) is 18.7. The van der Waals surface area contributed by atoms with E-state index in [2.05, 4.69) is 10.1 Å². The fourth-order valence-electron chi connectivity index (χ4n) is 2.97. The van der Waals surface area contributed by atoms with Crippen LogP contribution >= 0.6 is 23.7 Å². The van der Waals surface area contributed by atoms with E-state index in [4.69, 9.17) is 4.74 Å². The molecule has 1 saturated heterocycles. The van der Waals surface area contributed by atoms with Crippen molar-refractivity contribution in [2.75, 3.05) is 33.9 Å². The normalized spacial score (nSPS) is 17.8. The van der Waals surface area contributed by atoms with Crippen LogP contribution in [0.3, 0.4) is 0 Å². The number of piperazine rings is 1. The number of sulfonamides is 1. The first-order chi connectivity index (χ1) is 12.5. The number of hydrogen-bond donors (Lipinski definition) is 1. The second kappa shape index (κ2) is 9.03. The van der Waals surface area contributed by atoms with E-state index >= 15 is 0 Å². The van der Waals surface area contributed by atoms with E-state index < -0.39 is 22.0 Å². The molecule has 2 heterocycles. The third-order valence-corrected chi connectivity index (χ3v) is 7.57. The van der Waals surface area contributed by atoms with Crippen molar-refractivity contribution in [3.05, 3.63) is 46.8 Å². The second-order valence-corrected chi connectivity index (χ2v) is 8.75. The van der Waals surface area contributed by atoms with E-state index in [-0.39, 0.29) is 22.2 Å². The smallest absolute Gasteiger partial charge is 0.338 e. The highest BCUT2D eigenvalue weighted by atomic mass is 35.5. The van der Waals surface area contributed by atoms with Gasteiger partial charge in [0.2, 0.25) is 0 Å². The molecular weight excluding hydrogens is 412 g/mol. The molecule has 2 aromatic rings. The number of benzene rings is 1. The zero-order valence-electron chi connectivity index (χ0n) is 14.9. The third-order valence-electron chi connectivity index (χ3n) is 4.25. The number of halogens is 1. The number of methoxy groups -OCH3 is 2. The number of esters is 1. The molecule has 1 aromatic heterocycles. The summed E-state index contributed by atoms with van der Waals surface area (Å²) in [5.41, 5.74) is 1.04. The molecule has 1 fully saturated rings. The van der Waals surface area contributed by atoms with Gasteiger partial charge in [0.1, 0.15) is 9.96 Å². The van der Waals surface area contributed by atoms with Crippen LogP contribution in [0, 0.1) is 0 Å². The lowest BCUT2D eigenvalue weighted by molar-refractivity contribution is 0.0601. The first-order valence-electron chi connectivity index (χ1n) is 8.01. The number of nitrogens with one attached hydrogen (secondary N) is 1. The Morgan fingerprint density at radius 2 is 2.04 bits per heavy atom. The quantitative estimate of drug-likeness (QED) is 0.730. The summed E-state index contributed by atoms with van der Waals surface area (Å²) in [6, 6.07) is 8.36. The molecule has 0 radical (unpaired) electrons. The minimum atomic E-state index is -3.76. The van der Waals surface area contributed by atoms with Gasteiger partial charge in [-0.3, -0.25) is 0 Å². The second-order valence-electron chi connectivity index (χ2n) is 5.72. The molecular formula is C17H21ClN2O5S2. The highest BCUT2D eigenvalue weighted by Crippen LogP contribution is 2.35. The van der Waals surface area contributed by atoms with Crippen LogP contribution in [0.15, 0.2) is 39.9 Å². The number of carbonyl (C=O) groups is 1. The van der Waals surface area contributed by atoms with Crippen LogP contribution in [-0.2, 0) is 14.8 Å². The van der Waals surface area contributed by atoms with Crippen LogP contribution in [-0.4, -0.2) is 52.5 Å². The summed E-state index contributed by atoms with van der Waals surface area (Å²) < 4.78 is 38.1. The summed E-state index contributed by atoms with van der Waals surface area (Å²) in [4.78, 5) is 11.6. The van der Waals surface area contributed by atoms with E-state index in [9.17, 15) is 13.2 Å². The van der Waals surface area contributed by atoms with Crippen LogP contribution < -0.4 is 10.1 Å². The molecule has 0 aliphatic carbocycles. The fraction of sp³-hybridized carbons (Fsp3) is 0.353. The number of para-hydroxylation sites is 1. The summed E-state index contributed by atoms with van der Waals surface area (Å²) in [6.07, 6.45) is 0. The molecule has 1 aliphatic rings. The zero-order valence-corrected chi connectivity index (χ0v) is 17.3. The first kappa shape index (κ1) is 21.6. The summed E-state index contributed by atoms with van der Waals surface area (Å²) >= 11 is 1.02. The van der Waals surface area contributed by atoms with Gasteiger partial charge < -0.3 is 14.8 Å². The molecule has 27 heavy (non-hydrogen) atoms. The van der Waals surface area contributed by atoms with Crippen LogP contribution in [0.25, 0.3) is 0 Å². The summed E-state index contributed by atoms with van der Waals surface area (Å²) in [6.45, 7) is 1.37. The number of nitrogens with zero attached hydrogens (tertiary/aromatic N) is 1. The van der Waals surface area contributed by atoms with Crippen molar-refractivity contribution in [1.82, 2.24) is 9.62 Å². The number of hydrogen-bond acceptors (Lipinski definition) is 7. The molecule has 1 aromatic carbocycles. The maximum Gasteiger partial charge on any atom is 0.338 e.